The van der Waals surface area contributed by atoms with Gasteiger partial charge in [0.15, 0.2) is 12.4 Å². The van der Waals surface area contributed by atoms with Crippen molar-refractivity contribution in [3.8, 4) is 11.5 Å². The van der Waals surface area contributed by atoms with Crippen LogP contribution < -0.4 is 9.47 Å². The Morgan fingerprint density at radius 3 is 2.85 bits per heavy atom. The number of alkyl halides is 1. The summed E-state index contributed by atoms with van der Waals surface area (Å²) in [7, 11) is 0. The van der Waals surface area contributed by atoms with Crippen molar-refractivity contribution < 1.29 is 24.2 Å². The molecule has 33 heavy (non-hydrogen) atoms. The number of nitrogens with zero attached hydrogens (tertiary/aromatic N) is 1. The number of hydrogen-bond acceptors (Lipinski definition) is 5. The fourth-order valence-corrected chi connectivity index (χ4v) is 5.27. The molecule has 2 heterocycles. The predicted octanol–water partition coefficient (Wildman–Crippen LogP) is 4.94. The number of hydrogen-bond donors (Lipinski definition) is 1. The lowest BCUT2D eigenvalue weighted by molar-refractivity contribution is -0.139. The van der Waals surface area contributed by atoms with Crippen LogP contribution >= 0.6 is 27.5 Å². The van der Waals surface area contributed by atoms with Gasteiger partial charge in [-0.3, -0.25) is 9.69 Å². The molecule has 176 valence electrons. The van der Waals surface area contributed by atoms with Gasteiger partial charge in [0, 0.05) is 13.0 Å². The van der Waals surface area contributed by atoms with E-state index < -0.39 is 5.97 Å². The number of rotatable bonds is 8. The molecule has 2 aliphatic rings. The Labute approximate surface area is 206 Å². The molecule has 2 aliphatic heterocycles. The molecule has 0 aliphatic carbocycles. The van der Waals surface area contributed by atoms with E-state index >= 15 is 0 Å². The summed E-state index contributed by atoms with van der Waals surface area (Å²) in [6.07, 6.45) is 4.09. The first-order valence-electron chi connectivity index (χ1n) is 11.2. The average molecular weight is 537 g/mol. The standard InChI is InChI=1S/C25H27BrClNO5/c26-20-3-1-17(13-23(20)33-15-25(30)31)11-18-6-9-28(24(27)14-18)8-5-16-2-4-22-19(12-16)21(29)7-10-32-22/h1-4,12-13,18,24H,5-11,14-15H2,(H,30,31). The number of likely N-dealkylation sites (tertiary alicyclic amines) is 1. The fourth-order valence-electron chi connectivity index (χ4n) is 4.46. The van der Waals surface area contributed by atoms with Crippen molar-refractivity contribution in [1.29, 1.82) is 0 Å². The zero-order valence-corrected chi connectivity index (χ0v) is 20.6. The summed E-state index contributed by atoms with van der Waals surface area (Å²) >= 11 is 10.2. The smallest absolute Gasteiger partial charge is 0.341 e. The Morgan fingerprint density at radius 2 is 2.06 bits per heavy atom. The van der Waals surface area contributed by atoms with Gasteiger partial charge < -0.3 is 14.6 Å². The van der Waals surface area contributed by atoms with Gasteiger partial charge in [0.05, 0.1) is 22.1 Å². The topological polar surface area (TPSA) is 76.1 Å². The third-order valence-corrected chi connectivity index (χ3v) is 7.35. The van der Waals surface area contributed by atoms with Crippen LogP contribution in [0.25, 0.3) is 0 Å². The number of carbonyl (C=O) groups is 2. The molecule has 1 saturated heterocycles. The fraction of sp³-hybridized carbons (Fsp3) is 0.440. The van der Waals surface area contributed by atoms with Crippen molar-refractivity contribution in [3.05, 3.63) is 57.6 Å². The summed E-state index contributed by atoms with van der Waals surface area (Å²) in [4.78, 5) is 25.2. The van der Waals surface area contributed by atoms with Gasteiger partial charge in [-0.25, -0.2) is 4.79 Å². The van der Waals surface area contributed by atoms with E-state index in [9.17, 15) is 9.59 Å². The van der Waals surface area contributed by atoms with Crippen molar-refractivity contribution in [1.82, 2.24) is 4.90 Å². The van der Waals surface area contributed by atoms with Crippen LogP contribution in [0, 0.1) is 5.92 Å². The van der Waals surface area contributed by atoms with Crippen LogP contribution in [0.5, 0.6) is 11.5 Å². The van der Waals surface area contributed by atoms with E-state index in [-0.39, 0.29) is 17.9 Å². The highest BCUT2D eigenvalue weighted by Crippen LogP contribution is 2.32. The van der Waals surface area contributed by atoms with Gasteiger partial charge in [0.2, 0.25) is 0 Å². The van der Waals surface area contributed by atoms with E-state index in [1.807, 2.05) is 36.4 Å². The highest BCUT2D eigenvalue weighted by Gasteiger charge is 2.27. The first-order valence-corrected chi connectivity index (χ1v) is 12.4. The summed E-state index contributed by atoms with van der Waals surface area (Å²) in [5.74, 6) is 0.841. The van der Waals surface area contributed by atoms with Gasteiger partial charge >= 0.3 is 5.97 Å². The lowest BCUT2D eigenvalue weighted by Gasteiger charge is -2.36. The van der Waals surface area contributed by atoms with Crippen LogP contribution in [-0.2, 0) is 17.6 Å². The van der Waals surface area contributed by atoms with Crippen molar-refractivity contribution in [2.24, 2.45) is 5.92 Å². The molecule has 2 aromatic rings. The SMILES string of the molecule is O=C(O)COc1cc(CC2CCN(CCc3ccc4c(c3)C(=O)CCO4)C(Cl)C2)ccc1Br. The zero-order valence-electron chi connectivity index (χ0n) is 18.3. The minimum Gasteiger partial charge on any atom is -0.492 e. The molecule has 0 radical (unpaired) electrons. The van der Waals surface area contributed by atoms with E-state index in [1.165, 1.54) is 0 Å². The molecule has 1 N–H and O–H groups in total. The minimum atomic E-state index is -1.00. The van der Waals surface area contributed by atoms with Crippen molar-refractivity contribution in [2.45, 2.75) is 37.6 Å². The lowest BCUT2D eigenvalue weighted by Crippen LogP contribution is -2.41. The molecule has 8 heteroatoms. The maximum atomic E-state index is 12.1. The Balaban J connectivity index is 1.29. The number of piperidine rings is 1. The number of fused-ring (bicyclic) bond motifs is 1. The summed E-state index contributed by atoms with van der Waals surface area (Å²) < 4.78 is 11.7. The number of halogens is 2. The number of Topliss-reactive ketones (excluding diaryl/α,β-unsaturated/α-hetero) is 1. The zero-order chi connectivity index (χ0) is 23.4. The summed E-state index contributed by atoms with van der Waals surface area (Å²) in [5, 5.41) is 8.85. The number of ketones is 1. The Kier molecular flexibility index (Phi) is 7.94. The molecule has 0 saturated carbocycles. The van der Waals surface area contributed by atoms with Gasteiger partial charge in [-0.05, 0) is 89.5 Å². The number of ether oxygens (including phenoxy) is 2. The third-order valence-electron chi connectivity index (χ3n) is 6.24. The van der Waals surface area contributed by atoms with Crippen molar-refractivity contribution in [2.75, 3.05) is 26.3 Å². The second-order valence-corrected chi connectivity index (χ2v) is 9.97. The molecule has 0 amide bonds. The van der Waals surface area contributed by atoms with Crippen molar-refractivity contribution in [3.63, 3.8) is 0 Å². The Morgan fingerprint density at radius 1 is 1.24 bits per heavy atom. The minimum absolute atomic E-state index is 0.0375. The van der Waals surface area contributed by atoms with E-state index in [0.29, 0.717) is 36.0 Å². The van der Waals surface area contributed by atoms with Gasteiger partial charge in [0.25, 0.3) is 0 Å². The van der Waals surface area contributed by atoms with Gasteiger partial charge in [0.1, 0.15) is 11.5 Å². The number of benzene rings is 2. The quantitative estimate of drug-likeness (QED) is 0.380. The van der Waals surface area contributed by atoms with E-state index in [2.05, 4.69) is 20.8 Å². The van der Waals surface area contributed by atoms with Crippen LogP contribution in [0.15, 0.2) is 40.9 Å². The molecule has 0 aromatic heterocycles. The summed E-state index contributed by atoms with van der Waals surface area (Å²) in [5.41, 5.74) is 2.90. The predicted molar refractivity (Wildman–Crippen MR) is 130 cm³/mol. The molecular formula is C25H27BrClNO5. The number of carboxylic acids is 1. The average Bonchev–Trinajstić information content (AvgIpc) is 2.79. The van der Waals surface area contributed by atoms with Crippen LogP contribution in [0.3, 0.4) is 0 Å². The van der Waals surface area contributed by atoms with E-state index in [1.54, 1.807) is 0 Å². The highest BCUT2D eigenvalue weighted by molar-refractivity contribution is 9.10. The van der Waals surface area contributed by atoms with Gasteiger partial charge in [-0.1, -0.05) is 12.1 Å². The van der Waals surface area contributed by atoms with Crippen LogP contribution in [0.2, 0.25) is 0 Å². The molecule has 0 bridgehead atoms. The maximum absolute atomic E-state index is 12.1. The number of aliphatic carboxylic acids is 1. The summed E-state index contributed by atoms with van der Waals surface area (Å²) in [6, 6.07) is 11.7. The van der Waals surface area contributed by atoms with Crippen LogP contribution in [0.1, 0.15) is 40.7 Å². The first-order chi connectivity index (χ1) is 15.9. The molecule has 4 rings (SSSR count). The second kappa shape index (κ2) is 10.9. The molecule has 2 aromatic carbocycles. The third kappa shape index (κ3) is 6.28. The summed E-state index contributed by atoms with van der Waals surface area (Å²) in [6.45, 7) is 1.87. The normalized spacial score (nSPS) is 20.7. The molecule has 6 nitrogen and oxygen atoms in total. The second-order valence-electron chi connectivity index (χ2n) is 8.61. The molecule has 2 atom stereocenters. The Hall–Kier alpha value is -2.09. The lowest BCUT2D eigenvalue weighted by atomic mass is 9.89. The Bertz CT molecular complexity index is 1030. The van der Waals surface area contributed by atoms with E-state index in [0.717, 1.165) is 54.4 Å². The van der Waals surface area contributed by atoms with Gasteiger partial charge in [-0.15, -0.1) is 11.6 Å². The molecular weight excluding hydrogens is 510 g/mol. The van der Waals surface area contributed by atoms with E-state index in [4.69, 9.17) is 26.2 Å². The largest absolute Gasteiger partial charge is 0.492 e. The molecule has 0 spiro atoms. The number of carboxylic acid groups (broad SMARTS) is 1. The highest BCUT2D eigenvalue weighted by atomic mass is 79.9. The van der Waals surface area contributed by atoms with Crippen molar-refractivity contribution >= 4 is 39.3 Å². The van der Waals surface area contributed by atoms with Crippen LogP contribution in [-0.4, -0.2) is 53.6 Å². The van der Waals surface area contributed by atoms with Crippen LogP contribution in [0.4, 0.5) is 0 Å². The number of carbonyl (C=O) groups excluding carboxylic acids is 1. The molecule has 2 unspecified atom stereocenters. The first kappa shape index (κ1) is 24.0. The van der Waals surface area contributed by atoms with Gasteiger partial charge in [-0.2, -0.15) is 0 Å². The maximum Gasteiger partial charge on any atom is 0.341 e. The molecule has 1 fully saturated rings. The monoisotopic (exact) mass is 535 g/mol.